The second-order valence-electron chi connectivity index (χ2n) is 17.2. The van der Waals surface area contributed by atoms with Crippen molar-refractivity contribution in [3.63, 3.8) is 0 Å². The molecule has 0 saturated carbocycles. The van der Waals surface area contributed by atoms with Crippen molar-refractivity contribution in [2.24, 2.45) is 0 Å². The summed E-state index contributed by atoms with van der Waals surface area (Å²) in [5.41, 5.74) is 20.9. The van der Waals surface area contributed by atoms with E-state index >= 15 is 0 Å². The van der Waals surface area contributed by atoms with E-state index in [1.165, 1.54) is 95.5 Å². The first kappa shape index (κ1) is 44.3. The molecule has 0 saturated heterocycles. The predicted molar refractivity (Wildman–Crippen MR) is 268 cm³/mol. The molecular weight excluding hydrogens is 808 g/mol. The summed E-state index contributed by atoms with van der Waals surface area (Å²) in [6.07, 6.45) is 7.17. The first-order valence-corrected chi connectivity index (χ1v) is 22.4. The third-order valence-electron chi connectivity index (χ3n) is 13.2. The fourth-order valence-electron chi connectivity index (χ4n) is 10.1. The summed E-state index contributed by atoms with van der Waals surface area (Å²) in [7, 11) is 0. The quantitative estimate of drug-likeness (QED) is 0.119. The smallest absolute Gasteiger partial charge is 0.184 e. The minimum absolute atomic E-state index is 0. The van der Waals surface area contributed by atoms with Gasteiger partial charge in [-0.2, -0.15) is 60.7 Å². The van der Waals surface area contributed by atoms with Gasteiger partial charge in [-0.15, -0.1) is 40.5 Å². The molecule has 0 nitrogen and oxygen atoms in total. The summed E-state index contributed by atoms with van der Waals surface area (Å²) in [6.45, 7) is 4.67. The van der Waals surface area contributed by atoms with Crippen LogP contribution in [0.1, 0.15) is 60.1 Å². The van der Waals surface area contributed by atoms with E-state index in [-0.39, 0.29) is 62.2 Å². The van der Waals surface area contributed by atoms with Crippen LogP contribution in [0.3, 0.4) is 0 Å². The van der Waals surface area contributed by atoms with Gasteiger partial charge in [0.2, 0.25) is 0 Å². The number of rotatable bonds is 5. The zero-order valence-electron chi connectivity index (χ0n) is 37.4. The fourth-order valence-corrected chi connectivity index (χ4v) is 10.1. The fraction of sp³-hybridized carbons (Fsp3) is 0.0938. The van der Waals surface area contributed by atoms with Gasteiger partial charge >= 0.3 is 51.4 Å². The Morgan fingerprint density at radius 3 is 1.51 bits per heavy atom. The van der Waals surface area contributed by atoms with E-state index < -0.39 is 0 Å². The van der Waals surface area contributed by atoms with Crippen LogP contribution >= 0.6 is 0 Å². The molecule has 308 valence electrons. The minimum Gasteiger partial charge on any atom is -0.184 e. The first-order chi connectivity index (χ1) is 31.5. The maximum Gasteiger partial charge on any atom is 1.00 e. The Hall–Kier alpha value is -5.90. The molecule has 0 spiro atoms. The number of hydrogen-bond donors (Lipinski definition) is 0. The predicted octanol–water partition coefficient (Wildman–Crippen LogP) is 13.2. The van der Waals surface area contributed by atoms with Crippen molar-refractivity contribution in [3.8, 4) is 44.5 Å². The Labute approximate surface area is 428 Å². The van der Waals surface area contributed by atoms with E-state index in [9.17, 15) is 0 Å². The van der Waals surface area contributed by atoms with Crippen LogP contribution in [0.25, 0.3) is 50.1 Å². The summed E-state index contributed by atoms with van der Waals surface area (Å²) < 4.78 is 0. The molecule has 65 heavy (non-hydrogen) atoms. The van der Waals surface area contributed by atoms with Crippen LogP contribution in [-0.4, -0.2) is 0 Å². The normalized spacial score (nSPS) is 14.2. The molecule has 0 unspecified atom stereocenters. The average molecular weight is 857 g/mol. The van der Waals surface area contributed by atoms with Crippen molar-refractivity contribution in [1.29, 1.82) is 0 Å². The van der Waals surface area contributed by atoms with Crippen molar-refractivity contribution in [1.82, 2.24) is 0 Å². The van der Waals surface area contributed by atoms with Crippen LogP contribution in [-0.2, 0) is 10.8 Å². The summed E-state index contributed by atoms with van der Waals surface area (Å²) >= 11 is 0. The maximum absolute atomic E-state index is 3.50. The molecule has 12 rings (SSSR count). The summed E-state index contributed by atoms with van der Waals surface area (Å²) in [6, 6.07) is 89.0. The Balaban J connectivity index is 0.000000135. The van der Waals surface area contributed by atoms with Gasteiger partial charge in [0, 0.05) is 0 Å². The summed E-state index contributed by atoms with van der Waals surface area (Å²) in [5, 5.41) is 0. The van der Waals surface area contributed by atoms with Crippen LogP contribution in [0.2, 0.25) is 0 Å². The zero-order chi connectivity index (χ0) is 43.4. The third-order valence-corrected chi connectivity index (χ3v) is 13.2. The SMILES string of the molecule is CC1(C)C2=CCCC=C2c2cc(-c3ccccc3)[c-]cc21.[K+].[c-]1ccc(-c2ccc3c(c2)C(c2ccccc2)(c2ccccc2)c2ccccc2-3)cc1.[c-]1ccc(-c2ccccc2)cc1. The molecule has 9 aromatic carbocycles. The number of hydrogen-bond acceptors (Lipinski definition) is 0. The van der Waals surface area contributed by atoms with E-state index in [0.29, 0.717) is 0 Å². The van der Waals surface area contributed by atoms with Crippen molar-refractivity contribution < 1.29 is 51.4 Å². The Kier molecular flexibility index (Phi) is 13.4. The van der Waals surface area contributed by atoms with Crippen LogP contribution in [0.5, 0.6) is 0 Å². The number of allylic oxidation sites excluding steroid dienone is 4. The van der Waals surface area contributed by atoms with Crippen LogP contribution in [0, 0.1) is 18.2 Å². The van der Waals surface area contributed by atoms with Crippen molar-refractivity contribution in [3.05, 3.63) is 294 Å². The molecule has 9 aromatic rings. The first-order valence-electron chi connectivity index (χ1n) is 22.4. The van der Waals surface area contributed by atoms with Crippen molar-refractivity contribution in [2.45, 2.75) is 37.5 Å². The molecule has 0 atom stereocenters. The number of benzene rings is 9. The third kappa shape index (κ3) is 8.57. The molecule has 3 aliphatic carbocycles. The van der Waals surface area contributed by atoms with E-state index in [4.69, 9.17) is 0 Å². The molecule has 3 aliphatic rings. The van der Waals surface area contributed by atoms with Gasteiger partial charge in [0.15, 0.2) is 0 Å². The van der Waals surface area contributed by atoms with Crippen molar-refractivity contribution >= 4 is 5.57 Å². The maximum atomic E-state index is 3.50. The van der Waals surface area contributed by atoms with Crippen molar-refractivity contribution in [2.75, 3.05) is 0 Å². The molecule has 1 heteroatoms. The molecule has 0 N–H and O–H groups in total. The Morgan fingerprint density at radius 1 is 0.400 bits per heavy atom. The van der Waals surface area contributed by atoms with Gasteiger partial charge < -0.3 is 0 Å². The second kappa shape index (κ2) is 19.7. The molecule has 0 aromatic heterocycles. The van der Waals surface area contributed by atoms with E-state index in [0.717, 1.165) is 6.42 Å². The van der Waals surface area contributed by atoms with Crippen LogP contribution < -0.4 is 51.4 Å². The molecule has 0 bridgehead atoms. The topological polar surface area (TPSA) is 0 Å². The van der Waals surface area contributed by atoms with Gasteiger partial charge in [-0.1, -0.05) is 201 Å². The Morgan fingerprint density at radius 2 is 0.892 bits per heavy atom. The Bertz CT molecular complexity index is 3000. The molecule has 0 radical (unpaired) electrons. The minimum atomic E-state index is -0.342. The van der Waals surface area contributed by atoms with Gasteiger partial charge in [-0.25, -0.2) is 0 Å². The van der Waals surface area contributed by atoms with Crippen LogP contribution in [0.4, 0.5) is 0 Å². The zero-order valence-corrected chi connectivity index (χ0v) is 40.6. The second-order valence-corrected chi connectivity index (χ2v) is 17.2. The molecule has 0 heterocycles. The summed E-state index contributed by atoms with van der Waals surface area (Å²) in [5.74, 6) is 0. The number of fused-ring (bicyclic) bond motifs is 6. The molecule has 0 aliphatic heterocycles. The van der Waals surface area contributed by atoms with Gasteiger partial charge in [-0.05, 0) is 73.9 Å². The van der Waals surface area contributed by atoms with E-state index in [2.05, 4.69) is 226 Å². The van der Waals surface area contributed by atoms with E-state index in [1.807, 2.05) is 42.5 Å². The largest absolute Gasteiger partial charge is 1.00 e. The average Bonchev–Trinajstić information content (AvgIpc) is 3.81. The molecule has 0 amide bonds. The molecule has 0 fully saturated rings. The van der Waals surface area contributed by atoms with Gasteiger partial charge in [0.1, 0.15) is 0 Å². The molecular formula is C64H49K-2. The van der Waals surface area contributed by atoms with Gasteiger partial charge in [-0.3, -0.25) is 0 Å². The van der Waals surface area contributed by atoms with Crippen LogP contribution in [0.15, 0.2) is 242 Å². The van der Waals surface area contributed by atoms with Gasteiger partial charge in [0.05, 0.1) is 5.41 Å². The van der Waals surface area contributed by atoms with E-state index in [1.54, 1.807) is 0 Å². The van der Waals surface area contributed by atoms with Gasteiger partial charge in [0.25, 0.3) is 0 Å². The monoisotopic (exact) mass is 856 g/mol. The summed E-state index contributed by atoms with van der Waals surface area (Å²) in [4.78, 5) is 0. The standard InChI is InChI=1S/C31H21.C21H19.C12H9.K/c1-4-12-23(13-5-1)24-20-21-28-27-18-10-11-19-29(27)31(30(28)22-24,25-14-6-2-7-15-25)26-16-8-3-9-17-26;1-21(2)19-11-7-6-10-17(19)18-14-16(12-13-20(18)21)15-8-4-3-5-9-15;1-3-7-11(8-4-1)12-9-5-2-6-10-12;/h2-22H;3-5,8-11,13-14H,6-7H2,1-2H3;1,3-10H;/q3*-1;+1.